The molecule has 7 heteroatoms. The van der Waals surface area contributed by atoms with Gasteiger partial charge in [-0.2, -0.15) is 5.26 Å². The van der Waals surface area contributed by atoms with Gasteiger partial charge in [0.1, 0.15) is 6.42 Å². The zero-order valence-electron chi connectivity index (χ0n) is 8.90. The van der Waals surface area contributed by atoms with Crippen molar-refractivity contribution in [2.24, 2.45) is 0 Å². The molecule has 0 radical (unpaired) electrons. The zero-order valence-corrected chi connectivity index (χ0v) is 10.5. The van der Waals surface area contributed by atoms with Crippen LogP contribution in [0.5, 0.6) is 0 Å². The SMILES string of the molecule is CS(=O)(=O)c1ccc(NC(=O)CC#N)c(Cl)c1. The van der Waals surface area contributed by atoms with Crippen molar-refractivity contribution in [3.8, 4) is 6.07 Å². The van der Waals surface area contributed by atoms with Crippen molar-refractivity contribution in [3.63, 3.8) is 0 Å². The van der Waals surface area contributed by atoms with Gasteiger partial charge in [-0.1, -0.05) is 11.6 Å². The number of nitrogens with zero attached hydrogens (tertiary/aromatic N) is 1. The van der Waals surface area contributed by atoms with E-state index in [0.29, 0.717) is 0 Å². The standard InChI is InChI=1S/C10H9ClN2O3S/c1-17(15,16)7-2-3-9(8(11)6-7)13-10(14)4-5-12/h2-3,6H,4H2,1H3,(H,13,14). The third kappa shape index (κ3) is 3.73. The molecule has 0 aliphatic heterocycles. The van der Waals surface area contributed by atoms with Crippen molar-refractivity contribution in [1.82, 2.24) is 0 Å². The first-order valence-corrected chi connectivity index (χ1v) is 6.78. The van der Waals surface area contributed by atoms with Crippen LogP contribution in [0.1, 0.15) is 6.42 Å². The number of carbonyl (C=O) groups excluding carboxylic acids is 1. The molecule has 0 aliphatic rings. The molecule has 1 amide bonds. The fraction of sp³-hybridized carbons (Fsp3) is 0.200. The van der Waals surface area contributed by atoms with Crippen LogP contribution in [0.4, 0.5) is 5.69 Å². The second-order valence-electron chi connectivity index (χ2n) is 3.30. The Labute approximate surface area is 104 Å². The number of hydrogen-bond acceptors (Lipinski definition) is 4. The van der Waals surface area contributed by atoms with E-state index >= 15 is 0 Å². The van der Waals surface area contributed by atoms with Gasteiger partial charge in [-0.15, -0.1) is 0 Å². The van der Waals surface area contributed by atoms with Crippen molar-refractivity contribution in [2.75, 3.05) is 11.6 Å². The molecule has 0 aliphatic carbocycles. The van der Waals surface area contributed by atoms with E-state index in [-0.39, 0.29) is 22.0 Å². The van der Waals surface area contributed by atoms with E-state index < -0.39 is 15.7 Å². The molecule has 17 heavy (non-hydrogen) atoms. The highest BCUT2D eigenvalue weighted by Gasteiger charge is 2.11. The number of halogens is 1. The van der Waals surface area contributed by atoms with Crippen molar-refractivity contribution in [3.05, 3.63) is 23.2 Å². The first-order valence-electron chi connectivity index (χ1n) is 4.51. The van der Waals surface area contributed by atoms with Crippen LogP contribution in [0, 0.1) is 11.3 Å². The van der Waals surface area contributed by atoms with Gasteiger partial charge >= 0.3 is 0 Å². The Morgan fingerprint density at radius 1 is 1.53 bits per heavy atom. The van der Waals surface area contributed by atoms with Gasteiger partial charge < -0.3 is 5.32 Å². The Balaban J connectivity index is 3.00. The van der Waals surface area contributed by atoms with Crippen LogP contribution < -0.4 is 5.32 Å². The molecule has 1 N–H and O–H groups in total. The van der Waals surface area contributed by atoms with Gasteiger partial charge in [0.05, 0.1) is 21.7 Å². The molecule has 1 aromatic rings. The van der Waals surface area contributed by atoms with Crippen LogP contribution in [-0.2, 0) is 14.6 Å². The highest BCUT2D eigenvalue weighted by Crippen LogP contribution is 2.25. The summed E-state index contributed by atoms with van der Waals surface area (Å²) in [7, 11) is -3.33. The van der Waals surface area contributed by atoms with Crippen LogP contribution in [0.25, 0.3) is 0 Å². The molecule has 0 aromatic heterocycles. The fourth-order valence-electron chi connectivity index (χ4n) is 1.09. The molecule has 1 rings (SSSR count). The highest BCUT2D eigenvalue weighted by atomic mass is 35.5. The van der Waals surface area contributed by atoms with Crippen LogP contribution in [0.2, 0.25) is 5.02 Å². The minimum atomic E-state index is -3.33. The lowest BCUT2D eigenvalue weighted by Gasteiger charge is -2.06. The van der Waals surface area contributed by atoms with Crippen molar-refractivity contribution in [1.29, 1.82) is 5.26 Å². The monoisotopic (exact) mass is 272 g/mol. The predicted octanol–water partition coefficient (Wildman–Crippen LogP) is 1.60. The Bertz CT molecular complexity index is 590. The average molecular weight is 273 g/mol. The summed E-state index contributed by atoms with van der Waals surface area (Å²) in [5.74, 6) is -0.499. The molecule has 0 atom stereocenters. The first kappa shape index (κ1) is 13.5. The molecule has 0 fully saturated rings. The maximum absolute atomic E-state index is 11.2. The molecular formula is C10H9ClN2O3S. The largest absolute Gasteiger partial charge is 0.324 e. The smallest absolute Gasteiger partial charge is 0.238 e. The zero-order chi connectivity index (χ0) is 13.1. The Morgan fingerprint density at radius 2 is 2.18 bits per heavy atom. The number of nitrogens with one attached hydrogen (secondary N) is 1. The summed E-state index contributed by atoms with van der Waals surface area (Å²) in [6, 6.07) is 5.66. The molecule has 0 spiro atoms. The number of sulfone groups is 1. The van der Waals surface area contributed by atoms with E-state index in [4.69, 9.17) is 16.9 Å². The van der Waals surface area contributed by atoms with E-state index in [1.54, 1.807) is 6.07 Å². The van der Waals surface area contributed by atoms with Gasteiger partial charge in [-0.3, -0.25) is 4.79 Å². The lowest BCUT2D eigenvalue weighted by molar-refractivity contribution is -0.115. The number of nitriles is 1. The second kappa shape index (κ2) is 5.17. The Morgan fingerprint density at radius 3 is 2.65 bits per heavy atom. The van der Waals surface area contributed by atoms with E-state index in [0.717, 1.165) is 6.26 Å². The van der Waals surface area contributed by atoms with Gasteiger partial charge in [0, 0.05) is 6.26 Å². The van der Waals surface area contributed by atoms with E-state index in [2.05, 4.69) is 5.32 Å². The summed E-state index contributed by atoms with van der Waals surface area (Å²) in [5.41, 5.74) is 0.277. The number of hydrogen-bond donors (Lipinski definition) is 1. The Kier molecular flexibility index (Phi) is 4.10. The van der Waals surface area contributed by atoms with Crippen molar-refractivity contribution in [2.45, 2.75) is 11.3 Å². The summed E-state index contributed by atoms with van der Waals surface area (Å²) in [4.78, 5) is 11.2. The number of anilines is 1. The number of rotatable bonds is 3. The lowest BCUT2D eigenvalue weighted by atomic mass is 10.3. The molecule has 0 heterocycles. The van der Waals surface area contributed by atoms with Crippen molar-refractivity contribution < 1.29 is 13.2 Å². The lowest BCUT2D eigenvalue weighted by Crippen LogP contribution is -2.10. The third-order valence-corrected chi connectivity index (χ3v) is 3.31. The minimum absolute atomic E-state index is 0.0702. The predicted molar refractivity (Wildman–Crippen MR) is 63.4 cm³/mol. The molecule has 90 valence electrons. The van der Waals surface area contributed by atoms with E-state index in [9.17, 15) is 13.2 Å². The number of benzene rings is 1. The Hall–Kier alpha value is -1.58. The highest BCUT2D eigenvalue weighted by molar-refractivity contribution is 7.90. The summed E-state index contributed by atoms with van der Waals surface area (Å²) < 4.78 is 22.5. The summed E-state index contributed by atoms with van der Waals surface area (Å²) >= 11 is 5.82. The molecule has 0 saturated carbocycles. The molecule has 0 bridgehead atoms. The van der Waals surface area contributed by atoms with Crippen LogP contribution >= 0.6 is 11.6 Å². The van der Waals surface area contributed by atoms with Crippen LogP contribution in [0.3, 0.4) is 0 Å². The number of amides is 1. The van der Waals surface area contributed by atoms with Gasteiger partial charge in [-0.25, -0.2) is 8.42 Å². The van der Waals surface area contributed by atoms with Gasteiger partial charge in [-0.05, 0) is 18.2 Å². The quantitative estimate of drug-likeness (QED) is 0.905. The van der Waals surface area contributed by atoms with Gasteiger partial charge in [0.25, 0.3) is 0 Å². The molecule has 0 saturated heterocycles. The molecular weight excluding hydrogens is 264 g/mol. The average Bonchev–Trinajstić information content (AvgIpc) is 2.20. The van der Waals surface area contributed by atoms with Gasteiger partial charge in [0.15, 0.2) is 9.84 Å². The third-order valence-electron chi connectivity index (χ3n) is 1.88. The molecule has 1 aromatic carbocycles. The summed E-state index contributed by atoms with van der Waals surface area (Å²) in [6.45, 7) is 0. The van der Waals surface area contributed by atoms with Crippen molar-refractivity contribution >= 4 is 33.0 Å². The van der Waals surface area contributed by atoms with Crippen LogP contribution in [-0.4, -0.2) is 20.6 Å². The molecule has 0 unspecified atom stereocenters. The van der Waals surface area contributed by atoms with E-state index in [1.807, 2.05) is 0 Å². The van der Waals surface area contributed by atoms with Gasteiger partial charge in [0.2, 0.25) is 5.91 Å². The second-order valence-corrected chi connectivity index (χ2v) is 5.72. The topological polar surface area (TPSA) is 87.0 Å². The van der Waals surface area contributed by atoms with Crippen LogP contribution in [0.15, 0.2) is 23.1 Å². The fourth-order valence-corrected chi connectivity index (χ4v) is 2.03. The summed E-state index contributed by atoms with van der Waals surface area (Å²) in [6.07, 6.45) is 0.775. The number of carbonyl (C=O) groups is 1. The maximum Gasteiger partial charge on any atom is 0.238 e. The molecule has 5 nitrogen and oxygen atoms in total. The maximum atomic E-state index is 11.2. The normalized spacial score (nSPS) is 10.6. The van der Waals surface area contributed by atoms with E-state index in [1.165, 1.54) is 18.2 Å². The minimum Gasteiger partial charge on any atom is -0.324 e. The summed E-state index contributed by atoms with van der Waals surface area (Å²) in [5, 5.41) is 10.8. The first-order chi connectivity index (χ1) is 7.84.